The Hall–Kier alpha value is -0.610. The highest BCUT2D eigenvalue weighted by Gasteiger charge is 2.59. The molecule has 21 heavy (non-hydrogen) atoms. The molecule has 1 saturated carbocycles. The van der Waals surface area contributed by atoms with Crippen LogP contribution < -0.4 is 5.32 Å². The maximum Gasteiger partial charge on any atom is 0.226 e. The molecule has 3 heterocycles. The van der Waals surface area contributed by atoms with Crippen molar-refractivity contribution in [3.8, 4) is 0 Å². The van der Waals surface area contributed by atoms with Crippen molar-refractivity contribution in [2.45, 2.75) is 57.5 Å². The third-order valence-electron chi connectivity index (χ3n) is 6.56. The van der Waals surface area contributed by atoms with Crippen molar-refractivity contribution in [2.24, 2.45) is 11.3 Å². The van der Waals surface area contributed by atoms with E-state index in [2.05, 4.69) is 22.0 Å². The Kier molecular flexibility index (Phi) is 3.49. The van der Waals surface area contributed by atoms with E-state index in [1.54, 1.807) is 0 Å². The van der Waals surface area contributed by atoms with Gasteiger partial charge in [0.15, 0.2) is 0 Å². The van der Waals surface area contributed by atoms with Crippen LogP contribution in [-0.4, -0.2) is 60.5 Å². The van der Waals surface area contributed by atoms with E-state index in [-0.39, 0.29) is 0 Å². The van der Waals surface area contributed by atoms with E-state index in [9.17, 15) is 4.79 Å². The number of piperidine rings is 2. The molecule has 3 saturated heterocycles. The van der Waals surface area contributed by atoms with E-state index >= 15 is 0 Å². The van der Waals surface area contributed by atoms with Crippen LogP contribution in [-0.2, 0) is 4.79 Å². The molecule has 4 aliphatic rings. The maximum absolute atomic E-state index is 13.0. The van der Waals surface area contributed by atoms with Gasteiger partial charge < -0.3 is 10.2 Å². The normalized spacial score (nSPS) is 39.1. The minimum atomic E-state index is 0.345. The molecule has 1 spiro atoms. The Morgan fingerprint density at radius 1 is 1.19 bits per heavy atom. The van der Waals surface area contributed by atoms with Gasteiger partial charge in [-0.2, -0.15) is 0 Å². The first kappa shape index (κ1) is 14.0. The lowest BCUT2D eigenvalue weighted by Crippen LogP contribution is -2.60. The number of nitrogens with zero attached hydrogens (tertiary/aromatic N) is 2. The van der Waals surface area contributed by atoms with Crippen molar-refractivity contribution < 1.29 is 4.79 Å². The fourth-order valence-corrected chi connectivity index (χ4v) is 5.03. The first-order chi connectivity index (χ1) is 10.2. The van der Waals surface area contributed by atoms with Crippen LogP contribution in [0, 0.1) is 11.3 Å². The molecule has 1 aliphatic carbocycles. The molecule has 0 aromatic carbocycles. The van der Waals surface area contributed by atoms with Crippen LogP contribution in [0.25, 0.3) is 0 Å². The number of hydrogen-bond acceptors (Lipinski definition) is 3. The monoisotopic (exact) mass is 291 g/mol. The average Bonchev–Trinajstić information content (AvgIpc) is 3.20. The number of amides is 1. The van der Waals surface area contributed by atoms with Crippen LogP contribution in [0.2, 0.25) is 0 Å². The van der Waals surface area contributed by atoms with Gasteiger partial charge in [-0.25, -0.2) is 0 Å². The van der Waals surface area contributed by atoms with E-state index in [0.29, 0.717) is 29.3 Å². The SMILES string of the molecule is CC1CN2CCCCC2CN1C(=O)C1CC12CCNCC2. The Bertz CT molecular complexity index is 418. The second kappa shape index (κ2) is 5.24. The minimum Gasteiger partial charge on any atom is -0.337 e. The van der Waals surface area contributed by atoms with Gasteiger partial charge in [-0.1, -0.05) is 6.42 Å². The molecule has 0 aromatic rings. The third-order valence-corrected chi connectivity index (χ3v) is 6.56. The van der Waals surface area contributed by atoms with E-state index < -0.39 is 0 Å². The molecule has 4 rings (SSSR count). The third kappa shape index (κ3) is 2.40. The molecular weight excluding hydrogens is 262 g/mol. The fraction of sp³-hybridized carbons (Fsp3) is 0.941. The van der Waals surface area contributed by atoms with Crippen LogP contribution in [0.5, 0.6) is 0 Å². The van der Waals surface area contributed by atoms with Crippen molar-refractivity contribution in [3.05, 3.63) is 0 Å². The zero-order valence-electron chi connectivity index (χ0n) is 13.3. The summed E-state index contributed by atoms with van der Waals surface area (Å²) in [6.07, 6.45) is 7.55. The number of carbonyl (C=O) groups is 1. The van der Waals surface area contributed by atoms with Crippen molar-refractivity contribution in [1.82, 2.24) is 15.1 Å². The van der Waals surface area contributed by atoms with Gasteiger partial charge in [-0.15, -0.1) is 0 Å². The molecule has 118 valence electrons. The molecule has 3 aliphatic heterocycles. The summed E-state index contributed by atoms with van der Waals surface area (Å²) in [7, 11) is 0. The Labute approximate surface area is 128 Å². The number of nitrogens with one attached hydrogen (secondary N) is 1. The standard InChI is InChI=1S/C17H29N3O/c1-13-11-19-9-3-2-4-14(19)12-20(13)16(21)15-10-17(15)5-7-18-8-6-17/h13-15,18H,2-12H2,1H3. The fourth-order valence-electron chi connectivity index (χ4n) is 5.03. The first-order valence-electron chi connectivity index (χ1n) is 8.95. The molecule has 3 atom stereocenters. The highest BCUT2D eigenvalue weighted by atomic mass is 16.2. The minimum absolute atomic E-state index is 0.345. The second-order valence-electron chi connectivity index (χ2n) is 7.85. The Balaban J connectivity index is 1.42. The molecule has 0 aromatic heterocycles. The van der Waals surface area contributed by atoms with Crippen molar-refractivity contribution in [1.29, 1.82) is 0 Å². The summed E-state index contributed by atoms with van der Waals surface area (Å²) in [5.74, 6) is 0.826. The predicted molar refractivity (Wildman–Crippen MR) is 83.0 cm³/mol. The number of carbonyl (C=O) groups excluding carboxylic acids is 1. The average molecular weight is 291 g/mol. The smallest absolute Gasteiger partial charge is 0.226 e. The first-order valence-corrected chi connectivity index (χ1v) is 8.95. The molecule has 4 heteroatoms. The van der Waals surface area contributed by atoms with E-state index in [0.717, 1.165) is 32.6 Å². The number of hydrogen-bond donors (Lipinski definition) is 1. The molecule has 4 fully saturated rings. The molecule has 1 N–H and O–H groups in total. The van der Waals surface area contributed by atoms with Crippen LogP contribution in [0.15, 0.2) is 0 Å². The summed E-state index contributed by atoms with van der Waals surface area (Å²) >= 11 is 0. The van der Waals surface area contributed by atoms with Gasteiger partial charge in [0.2, 0.25) is 5.91 Å². The maximum atomic E-state index is 13.0. The second-order valence-corrected chi connectivity index (χ2v) is 7.85. The molecule has 1 amide bonds. The zero-order chi connectivity index (χ0) is 14.4. The topological polar surface area (TPSA) is 35.6 Å². The predicted octanol–water partition coefficient (Wildman–Crippen LogP) is 1.46. The number of piperazine rings is 1. The van der Waals surface area contributed by atoms with Crippen LogP contribution >= 0.6 is 0 Å². The van der Waals surface area contributed by atoms with Crippen LogP contribution in [0.3, 0.4) is 0 Å². The van der Waals surface area contributed by atoms with Gasteiger partial charge in [0.25, 0.3) is 0 Å². The van der Waals surface area contributed by atoms with Crippen molar-refractivity contribution in [2.75, 3.05) is 32.7 Å². The van der Waals surface area contributed by atoms with Gasteiger partial charge >= 0.3 is 0 Å². The summed E-state index contributed by atoms with van der Waals surface area (Å²) in [5.41, 5.74) is 0.381. The number of rotatable bonds is 1. The Morgan fingerprint density at radius 2 is 2.00 bits per heavy atom. The molecule has 0 bridgehead atoms. The largest absolute Gasteiger partial charge is 0.337 e. The van der Waals surface area contributed by atoms with Gasteiger partial charge in [0, 0.05) is 31.1 Å². The van der Waals surface area contributed by atoms with Gasteiger partial charge in [0.05, 0.1) is 0 Å². The molecule has 3 unspecified atom stereocenters. The summed E-state index contributed by atoms with van der Waals surface area (Å²) < 4.78 is 0. The lowest BCUT2D eigenvalue weighted by atomic mass is 9.91. The summed E-state index contributed by atoms with van der Waals surface area (Å²) in [5, 5.41) is 3.43. The zero-order valence-corrected chi connectivity index (χ0v) is 13.3. The highest BCUT2D eigenvalue weighted by Crippen LogP contribution is 2.59. The molecular formula is C17H29N3O. The summed E-state index contributed by atoms with van der Waals surface area (Å²) in [6.45, 7) is 7.80. The van der Waals surface area contributed by atoms with Gasteiger partial charge in [-0.3, -0.25) is 9.69 Å². The van der Waals surface area contributed by atoms with Crippen LogP contribution in [0.1, 0.15) is 45.4 Å². The molecule has 0 radical (unpaired) electrons. The van der Waals surface area contributed by atoms with Crippen molar-refractivity contribution >= 4 is 5.91 Å². The van der Waals surface area contributed by atoms with Crippen molar-refractivity contribution in [3.63, 3.8) is 0 Å². The quantitative estimate of drug-likeness (QED) is 0.794. The highest BCUT2D eigenvalue weighted by molar-refractivity contribution is 5.83. The lowest BCUT2D eigenvalue weighted by molar-refractivity contribution is -0.140. The summed E-state index contributed by atoms with van der Waals surface area (Å²) in [4.78, 5) is 17.9. The summed E-state index contributed by atoms with van der Waals surface area (Å²) in [6, 6.07) is 1.05. The lowest BCUT2D eigenvalue weighted by Gasteiger charge is -2.47. The van der Waals surface area contributed by atoms with Gasteiger partial charge in [0.1, 0.15) is 0 Å². The van der Waals surface area contributed by atoms with E-state index in [4.69, 9.17) is 0 Å². The van der Waals surface area contributed by atoms with Gasteiger partial charge in [-0.05, 0) is 64.1 Å². The Morgan fingerprint density at radius 3 is 2.81 bits per heavy atom. The molecule has 4 nitrogen and oxygen atoms in total. The van der Waals surface area contributed by atoms with E-state index in [1.165, 1.54) is 38.6 Å². The van der Waals surface area contributed by atoms with Crippen LogP contribution in [0.4, 0.5) is 0 Å². The number of fused-ring (bicyclic) bond motifs is 1. The van der Waals surface area contributed by atoms with E-state index in [1.807, 2.05) is 0 Å².